The molecule has 2 nitrogen and oxygen atoms in total. The maximum absolute atomic E-state index is 15.8. The summed E-state index contributed by atoms with van der Waals surface area (Å²) in [4.78, 5) is 0. The minimum Gasteiger partial charge on any atom is -0.309 e. The van der Waals surface area contributed by atoms with Crippen molar-refractivity contribution in [2.45, 2.75) is 70.8 Å². The first-order chi connectivity index (χ1) is 19.8. The molecule has 0 bridgehead atoms. The van der Waals surface area contributed by atoms with Gasteiger partial charge in [0, 0.05) is 51.5 Å². The van der Waals surface area contributed by atoms with Gasteiger partial charge in [-0.25, -0.2) is 0 Å². The zero-order valence-electron chi connectivity index (χ0n) is 24.8. The third-order valence-corrected chi connectivity index (χ3v) is 13.6. The third-order valence-electron chi connectivity index (χ3n) is 10.4. The van der Waals surface area contributed by atoms with Crippen molar-refractivity contribution >= 4 is 33.8 Å². The molecule has 7 rings (SSSR count). The number of fused-ring (bicyclic) bond motifs is 6. The first-order valence-electron chi connectivity index (χ1n) is 15.2. The van der Waals surface area contributed by atoms with Gasteiger partial charge in [-0.05, 0) is 40.6 Å². The first-order valence-corrected chi connectivity index (χ1v) is 16.9. The highest BCUT2D eigenvalue weighted by Crippen LogP contribution is 2.55. The van der Waals surface area contributed by atoms with Crippen LogP contribution in [0.5, 0.6) is 0 Å². The van der Waals surface area contributed by atoms with Gasteiger partial charge in [0.1, 0.15) is 0 Å². The molecule has 0 saturated carbocycles. The van der Waals surface area contributed by atoms with Gasteiger partial charge in [0.25, 0.3) is 0 Å². The van der Waals surface area contributed by atoms with Gasteiger partial charge in [0.05, 0.1) is 5.56 Å². The Morgan fingerprint density at radius 1 is 0.732 bits per heavy atom. The van der Waals surface area contributed by atoms with Crippen LogP contribution in [-0.2, 0) is 15.5 Å². The predicted octanol–water partition coefficient (Wildman–Crippen LogP) is 8.10. The van der Waals surface area contributed by atoms with Crippen LogP contribution in [0.25, 0.3) is 22.0 Å². The molecule has 3 heterocycles. The molecule has 2 aliphatic rings. The molecule has 0 saturated heterocycles. The molecular formula is C38H39NOP+. The van der Waals surface area contributed by atoms with Gasteiger partial charge in [0.2, 0.25) is 5.69 Å². The summed E-state index contributed by atoms with van der Waals surface area (Å²) in [5, 5.41) is 5.41. The van der Waals surface area contributed by atoms with E-state index < -0.39 is 7.14 Å². The van der Waals surface area contributed by atoms with Crippen LogP contribution in [0.2, 0.25) is 0 Å². The number of nitrogens with zero attached hydrogens (tertiary/aromatic N) is 1. The lowest BCUT2D eigenvalue weighted by atomic mass is 9.67. The van der Waals surface area contributed by atoms with E-state index in [1.165, 1.54) is 38.7 Å². The smallest absolute Gasteiger partial charge is 0.213 e. The minimum absolute atomic E-state index is 0.0187. The highest BCUT2D eigenvalue weighted by atomic mass is 31.2. The van der Waals surface area contributed by atoms with Gasteiger partial charge in [0.15, 0.2) is 18.9 Å². The number of benzene rings is 4. The van der Waals surface area contributed by atoms with E-state index >= 15 is 4.57 Å². The molecule has 0 fully saturated rings. The van der Waals surface area contributed by atoms with Crippen molar-refractivity contribution in [1.29, 1.82) is 0 Å². The fraction of sp³-hybridized carbons (Fsp3) is 0.289. The van der Waals surface area contributed by atoms with Crippen LogP contribution in [0.3, 0.4) is 0 Å². The Balaban J connectivity index is 1.63. The van der Waals surface area contributed by atoms with Crippen LogP contribution in [-0.4, -0.2) is 0 Å². The van der Waals surface area contributed by atoms with E-state index in [0.29, 0.717) is 5.92 Å². The number of aromatic nitrogens is 1. The van der Waals surface area contributed by atoms with Gasteiger partial charge in [-0.15, -0.1) is 0 Å². The zero-order valence-corrected chi connectivity index (χ0v) is 25.7. The normalized spacial score (nSPS) is 21.4. The molecule has 5 aromatic rings. The standard InChI is InChI=1S/C38H39NOP/c1-6-31-29-23-33-36(41(40,28-18-10-9-11-19-28)35-21-15-14-20-32(35)37(33,4)5)24-30(29)34-22-26-16-12-13-17-27(26)25-39(34)38(31,7-2)8-3/h9-25,31H,6-8H2,1-5H3/q+1. The SMILES string of the molecule is CCC1c2cc3c(cc2-c2cc4ccccc4c[n+]2C1(CC)CC)P(=O)(c1ccccc1)c1ccccc1C3(C)C. The van der Waals surface area contributed by atoms with Crippen LogP contribution in [0, 0.1) is 0 Å². The number of rotatable bonds is 4. The molecule has 0 aliphatic carbocycles. The summed E-state index contributed by atoms with van der Waals surface area (Å²) in [5.74, 6) is 0.362. The van der Waals surface area contributed by atoms with Crippen molar-refractivity contribution in [2.75, 3.05) is 0 Å². The van der Waals surface area contributed by atoms with E-state index in [2.05, 4.69) is 124 Å². The average Bonchev–Trinajstić information content (AvgIpc) is 3.02. The van der Waals surface area contributed by atoms with Crippen LogP contribution in [0.4, 0.5) is 0 Å². The summed E-state index contributed by atoms with van der Waals surface area (Å²) in [6, 6.07) is 34.5. The molecule has 0 spiro atoms. The lowest BCUT2D eigenvalue weighted by molar-refractivity contribution is -0.761. The van der Waals surface area contributed by atoms with Crippen molar-refractivity contribution in [3.05, 3.63) is 120 Å². The molecule has 41 heavy (non-hydrogen) atoms. The fourth-order valence-electron chi connectivity index (χ4n) is 8.25. The van der Waals surface area contributed by atoms with Crippen molar-refractivity contribution in [3.8, 4) is 11.3 Å². The molecule has 3 heteroatoms. The second-order valence-corrected chi connectivity index (χ2v) is 15.2. The molecule has 0 radical (unpaired) electrons. The van der Waals surface area contributed by atoms with Gasteiger partial charge >= 0.3 is 0 Å². The maximum atomic E-state index is 15.8. The largest absolute Gasteiger partial charge is 0.309 e. The van der Waals surface area contributed by atoms with E-state index in [4.69, 9.17) is 0 Å². The van der Waals surface area contributed by atoms with Crippen LogP contribution < -0.4 is 20.5 Å². The van der Waals surface area contributed by atoms with Crippen molar-refractivity contribution in [2.24, 2.45) is 0 Å². The third kappa shape index (κ3) is 3.44. The van der Waals surface area contributed by atoms with E-state index in [9.17, 15) is 0 Å². The molecular weight excluding hydrogens is 517 g/mol. The highest BCUT2D eigenvalue weighted by molar-refractivity contribution is 7.85. The molecule has 2 atom stereocenters. The quantitative estimate of drug-likeness (QED) is 0.162. The summed E-state index contributed by atoms with van der Waals surface area (Å²) in [6.45, 7) is 11.7. The Kier molecular flexibility index (Phi) is 5.97. The average molecular weight is 557 g/mol. The monoisotopic (exact) mass is 556 g/mol. The van der Waals surface area contributed by atoms with Crippen molar-refractivity contribution in [3.63, 3.8) is 0 Å². The number of hydrogen-bond donors (Lipinski definition) is 0. The van der Waals surface area contributed by atoms with E-state index in [1.54, 1.807) is 0 Å². The zero-order chi connectivity index (χ0) is 28.6. The molecule has 4 aromatic carbocycles. The summed E-state index contributed by atoms with van der Waals surface area (Å²) in [5.41, 5.74) is 6.01. The second kappa shape index (κ2) is 9.27. The molecule has 2 unspecified atom stereocenters. The van der Waals surface area contributed by atoms with Crippen molar-refractivity contribution < 1.29 is 9.13 Å². The maximum Gasteiger partial charge on any atom is 0.213 e. The summed E-state index contributed by atoms with van der Waals surface area (Å²) >= 11 is 0. The molecule has 0 amide bonds. The number of pyridine rings is 1. The topological polar surface area (TPSA) is 20.9 Å². The van der Waals surface area contributed by atoms with Gasteiger partial charge in [-0.1, -0.05) is 113 Å². The highest BCUT2D eigenvalue weighted by Gasteiger charge is 2.53. The lowest BCUT2D eigenvalue weighted by Crippen LogP contribution is -2.62. The van der Waals surface area contributed by atoms with E-state index in [0.717, 1.165) is 35.2 Å². The second-order valence-electron chi connectivity index (χ2n) is 12.5. The predicted molar refractivity (Wildman–Crippen MR) is 173 cm³/mol. The van der Waals surface area contributed by atoms with Crippen LogP contribution in [0.1, 0.15) is 76.5 Å². The van der Waals surface area contributed by atoms with Crippen molar-refractivity contribution in [1.82, 2.24) is 0 Å². The Morgan fingerprint density at radius 2 is 1.39 bits per heavy atom. The first kappa shape index (κ1) is 26.4. The molecule has 206 valence electrons. The minimum atomic E-state index is -3.12. The number of hydrogen-bond acceptors (Lipinski definition) is 1. The van der Waals surface area contributed by atoms with E-state index in [-0.39, 0.29) is 11.0 Å². The van der Waals surface area contributed by atoms with Gasteiger partial charge in [-0.2, -0.15) is 4.57 Å². The fourth-order valence-corrected chi connectivity index (χ4v) is 11.6. The summed E-state index contributed by atoms with van der Waals surface area (Å²) < 4.78 is 18.4. The Morgan fingerprint density at radius 3 is 2.10 bits per heavy atom. The Hall–Kier alpha value is -3.48. The van der Waals surface area contributed by atoms with Crippen LogP contribution in [0.15, 0.2) is 103 Å². The molecule has 1 aromatic heterocycles. The molecule has 0 N–H and O–H groups in total. The Bertz CT molecular complexity index is 1870. The Labute approximate surface area is 244 Å². The lowest BCUT2D eigenvalue weighted by Gasteiger charge is -2.43. The van der Waals surface area contributed by atoms with Gasteiger partial charge in [-0.3, -0.25) is 0 Å². The van der Waals surface area contributed by atoms with Gasteiger partial charge < -0.3 is 4.57 Å². The summed E-state index contributed by atoms with van der Waals surface area (Å²) in [7, 11) is -3.12. The molecule has 2 aliphatic heterocycles. The summed E-state index contributed by atoms with van der Waals surface area (Å²) in [6.07, 6.45) is 5.56. The van der Waals surface area contributed by atoms with E-state index in [1.807, 2.05) is 18.2 Å². The van der Waals surface area contributed by atoms with Crippen LogP contribution >= 0.6 is 7.14 Å².